The maximum absolute atomic E-state index is 12.9. The molecule has 0 unspecified atom stereocenters. The molecule has 0 aliphatic heterocycles. The summed E-state index contributed by atoms with van der Waals surface area (Å²) in [6, 6.07) is 9.60. The molecule has 35 heavy (non-hydrogen) atoms. The third-order valence-corrected chi connectivity index (χ3v) is 5.12. The van der Waals surface area contributed by atoms with Crippen molar-refractivity contribution < 1.29 is 37.3 Å². The molecule has 0 radical (unpaired) electrons. The normalized spacial score (nSPS) is 12.0. The molecular weight excluding hydrogens is 467 g/mol. The Morgan fingerprint density at radius 3 is 2.37 bits per heavy atom. The van der Waals surface area contributed by atoms with Crippen LogP contribution in [0.1, 0.15) is 30.8 Å². The average Bonchev–Trinajstić information content (AvgIpc) is 3.20. The number of hydrogen-bond donors (Lipinski definition) is 1. The first-order valence-corrected chi connectivity index (χ1v) is 10.7. The fraction of sp³-hybridized carbons (Fsp3) is 0.375. The number of halogens is 3. The minimum absolute atomic E-state index is 0.0393. The number of benzene rings is 2. The van der Waals surface area contributed by atoms with E-state index in [-0.39, 0.29) is 12.4 Å². The van der Waals surface area contributed by atoms with Crippen LogP contribution in [0.25, 0.3) is 11.4 Å². The molecule has 2 aromatic carbocycles. The third kappa shape index (κ3) is 6.50. The molecule has 1 N–H and O–H groups in total. The second kappa shape index (κ2) is 10.3. The zero-order chi connectivity index (χ0) is 25.8. The van der Waals surface area contributed by atoms with Gasteiger partial charge in [-0.25, -0.2) is 14.5 Å². The number of carboxylic acid groups (broad SMARTS) is 1. The molecule has 0 spiro atoms. The summed E-state index contributed by atoms with van der Waals surface area (Å²) < 4.78 is 56.7. The fourth-order valence-electron chi connectivity index (χ4n) is 3.06. The molecule has 3 aromatic rings. The van der Waals surface area contributed by atoms with Crippen molar-refractivity contribution in [1.29, 1.82) is 0 Å². The molecule has 0 atom stereocenters. The van der Waals surface area contributed by atoms with Crippen LogP contribution in [-0.2, 0) is 28.9 Å². The third-order valence-electron chi connectivity index (χ3n) is 5.12. The van der Waals surface area contributed by atoms with Gasteiger partial charge < -0.3 is 19.3 Å². The quantitative estimate of drug-likeness (QED) is 0.436. The highest BCUT2D eigenvalue weighted by atomic mass is 19.4. The van der Waals surface area contributed by atoms with E-state index in [2.05, 4.69) is 10.1 Å². The molecule has 0 saturated carbocycles. The monoisotopic (exact) mass is 493 g/mol. The number of carbonyl (C=O) groups is 1. The first-order valence-electron chi connectivity index (χ1n) is 10.7. The summed E-state index contributed by atoms with van der Waals surface area (Å²) in [5.74, 6) is 0.556. The van der Waals surface area contributed by atoms with Gasteiger partial charge in [0.2, 0.25) is 0 Å². The Kier molecular flexibility index (Phi) is 7.69. The number of aliphatic carboxylic acids is 1. The van der Waals surface area contributed by atoms with Crippen LogP contribution in [0.4, 0.5) is 13.2 Å². The zero-order valence-electron chi connectivity index (χ0n) is 19.7. The van der Waals surface area contributed by atoms with Gasteiger partial charge in [0.25, 0.3) is 0 Å². The maximum atomic E-state index is 12.9. The highest BCUT2D eigenvalue weighted by molar-refractivity contribution is 5.76. The van der Waals surface area contributed by atoms with Crippen LogP contribution in [0.2, 0.25) is 0 Å². The fourth-order valence-corrected chi connectivity index (χ4v) is 3.06. The van der Waals surface area contributed by atoms with Crippen molar-refractivity contribution >= 4 is 5.97 Å². The van der Waals surface area contributed by atoms with Gasteiger partial charge in [-0.2, -0.15) is 18.3 Å². The van der Waals surface area contributed by atoms with E-state index in [1.54, 1.807) is 36.9 Å². The summed E-state index contributed by atoms with van der Waals surface area (Å²) in [4.78, 5) is 15.8. The van der Waals surface area contributed by atoms with Gasteiger partial charge in [0.15, 0.2) is 17.2 Å². The Morgan fingerprint density at radius 1 is 1.11 bits per heavy atom. The van der Waals surface area contributed by atoms with Gasteiger partial charge in [-0.15, -0.1) is 0 Å². The van der Waals surface area contributed by atoms with Gasteiger partial charge in [-0.05, 0) is 56.7 Å². The summed E-state index contributed by atoms with van der Waals surface area (Å²) in [7, 11) is 1.54. The van der Waals surface area contributed by atoms with Gasteiger partial charge in [-0.3, -0.25) is 0 Å². The topological polar surface area (TPSA) is 95.7 Å². The predicted octanol–water partition coefficient (Wildman–Crippen LogP) is 4.74. The summed E-state index contributed by atoms with van der Waals surface area (Å²) in [6.45, 7) is 5.45. The number of aromatic nitrogens is 3. The van der Waals surface area contributed by atoms with E-state index < -0.39 is 23.3 Å². The van der Waals surface area contributed by atoms with Crippen molar-refractivity contribution in [2.45, 2.75) is 45.7 Å². The maximum Gasteiger partial charge on any atom is 0.416 e. The number of nitrogens with zero attached hydrogens (tertiary/aromatic N) is 3. The van der Waals surface area contributed by atoms with Crippen LogP contribution in [0.5, 0.6) is 11.5 Å². The van der Waals surface area contributed by atoms with Crippen LogP contribution in [0.3, 0.4) is 0 Å². The lowest BCUT2D eigenvalue weighted by molar-refractivity contribution is -0.152. The zero-order valence-corrected chi connectivity index (χ0v) is 19.7. The number of carboxylic acids is 1. The molecule has 1 heterocycles. The molecular formula is C24H26F3N3O5. The van der Waals surface area contributed by atoms with E-state index >= 15 is 0 Å². The molecule has 0 fully saturated rings. The van der Waals surface area contributed by atoms with Crippen LogP contribution in [-0.4, -0.2) is 45.2 Å². The first kappa shape index (κ1) is 26.0. The molecule has 3 rings (SSSR count). The van der Waals surface area contributed by atoms with Crippen LogP contribution >= 0.6 is 0 Å². The lowest BCUT2D eigenvalue weighted by atomic mass is 10.1. The molecule has 0 bridgehead atoms. The summed E-state index contributed by atoms with van der Waals surface area (Å²) in [5.41, 5.74) is -1.02. The highest BCUT2D eigenvalue weighted by Crippen LogP contribution is 2.31. The number of rotatable bonds is 10. The van der Waals surface area contributed by atoms with Crippen molar-refractivity contribution in [3.63, 3.8) is 0 Å². The van der Waals surface area contributed by atoms with Gasteiger partial charge in [0.05, 0.1) is 18.7 Å². The van der Waals surface area contributed by atoms with E-state index in [1.165, 1.54) is 26.0 Å². The molecule has 0 aliphatic carbocycles. The number of methoxy groups -OCH3 is 1. The largest absolute Gasteiger partial charge is 0.486 e. The van der Waals surface area contributed by atoms with Crippen molar-refractivity contribution in [2.24, 2.45) is 0 Å². The first-order chi connectivity index (χ1) is 16.4. The number of hydrogen-bond acceptors (Lipinski definition) is 6. The summed E-state index contributed by atoms with van der Waals surface area (Å²) >= 11 is 0. The summed E-state index contributed by atoms with van der Waals surface area (Å²) in [5, 5.41) is 13.7. The van der Waals surface area contributed by atoms with Gasteiger partial charge >= 0.3 is 12.1 Å². The standard InChI is InChI=1S/C24H26F3N3O5/c1-15-13-18(9-10-19(15)35-23(2,3)22(31)32)34-14-20-28-21(29-30(20)11-12-33-4)16-5-7-17(8-6-16)24(25,26)27/h5-10,13H,11-12,14H2,1-4H3,(H,31,32). The van der Waals surface area contributed by atoms with E-state index in [9.17, 15) is 23.1 Å². The predicted molar refractivity (Wildman–Crippen MR) is 120 cm³/mol. The molecule has 1 aromatic heterocycles. The van der Waals surface area contributed by atoms with Gasteiger partial charge in [-0.1, -0.05) is 12.1 Å². The van der Waals surface area contributed by atoms with Crippen molar-refractivity contribution in [2.75, 3.05) is 13.7 Å². The Bertz CT molecular complexity index is 1170. The smallest absolute Gasteiger partial charge is 0.416 e. The second-order valence-corrected chi connectivity index (χ2v) is 8.28. The molecule has 11 heteroatoms. The second-order valence-electron chi connectivity index (χ2n) is 8.28. The Morgan fingerprint density at radius 2 is 1.80 bits per heavy atom. The van der Waals surface area contributed by atoms with Crippen molar-refractivity contribution in [3.8, 4) is 22.9 Å². The van der Waals surface area contributed by atoms with Crippen molar-refractivity contribution in [1.82, 2.24) is 14.8 Å². The number of aryl methyl sites for hydroxylation is 1. The Balaban J connectivity index is 1.77. The van der Waals surface area contributed by atoms with E-state index in [0.29, 0.717) is 41.6 Å². The lowest BCUT2D eigenvalue weighted by Gasteiger charge is -2.23. The van der Waals surface area contributed by atoms with Crippen LogP contribution < -0.4 is 9.47 Å². The van der Waals surface area contributed by atoms with E-state index in [0.717, 1.165) is 12.1 Å². The van der Waals surface area contributed by atoms with Crippen LogP contribution in [0.15, 0.2) is 42.5 Å². The molecule has 188 valence electrons. The number of ether oxygens (including phenoxy) is 3. The number of alkyl halides is 3. The van der Waals surface area contributed by atoms with E-state index in [4.69, 9.17) is 14.2 Å². The molecule has 0 amide bonds. The van der Waals surface area contributed by atoms with Crippen LogP contribution in [0, 0.1) is 6.92 Å². The Hall–Kier alpha value is -3.60. The minimum atomic E-state index is -4.43. The molecule has 8 nitrogen and oxygen atoms in total. The molecule has 0 aliphatic rings. The SMILES string of the molecule is COCCn1nc(-c2ccc(C(F)(F)F)cc2)nc1COc1ccc(OC(C)(C)C(=O)O)c(C)c1. The average molecular weight is 493 g/mol. The molecule has 0 saturated heterocycles. The van der Waals surface area contributed by atoms with E-state index in [1.807, 2.05) is 0 Å². The van der Waals surface area contributed by atoms with Crippen molar-refractivity contribution in [3.05, 3.63) is 59.4 Å². The highest BCUT2D eigenvalue weighted by Gasteiger charge is 2.31. The van der Waals surface area contributed by atoms with Gasteiger partial charge in [0, 0.05) is 12.7 Å². The van der Waals surface area contributed by atoms with Gasteiger partial charge in [0.1, 0.15) is 18.1 Å². The minimum Gasteiger partial charge on any atom is -0.486 e. The summed E-state index contributed by atoms with van der Waals surface area (Å²) in [6.07, 6.45) is -4.43. The lowest BCUT2D eigenvalue weighted by Crippen LogP contribution is -2.38. The Labute approximate surface area is 200 Å².